The molecule has 0 aliphatic carbocycles. The van der Waals surface area contributed by atoms with E-state index in [2.05, 4.69) is 0 Å². The van der Waals surface area contributed by atoms with Crippen LogP contribution >= 0.6 is 11.3 Å². The first kappa shape index (κ1) is 23.5. The molecule has 1 atom stereocenters. The highest BCUT2D eigenvalue weighted by molar-refractivity contribution is 7.22. The number of carboxylic acids is 1. The van der Waals surface area contributed by atoms with Gasteiger partial charge >= 0.3 is 5.97 Å². The highest BCUT2D eigenvalue weighted by Crippen LogP contribution is 2.47. The Morgan fingerprint density at radius 1 is 1.26 bits per heavy atom. The van der Waals surface area contributed by atoms with Gasteiger partial charge in [-0.2, -0.15) is 0 Å². The SMILES string of the molecule is Cc1cc2nc(N(C)C)sc2c(-c2ccc3c4c(ccnc24)CCO3)c1C(OC(C)(C)C)C(=O)O. The van der Waals surface area contributed by atoms with Crippen molar-refractivity contribution in [1.82, 2.24) is 9.97 Å². The summed E-state index contributed by atoms with van der Waals surface area (Å²) >= 11 is 1.54. The van der Waals surface area contributed by atoms with Crippen molar-refractivity contribution in [3.8, 4) is 16.9 Å². The maximum atomic E-state index is 12.6. The van der Waals surface area contributed by atoms with Crippen LogP contribution in [0.4, 0.5) is 5.13 Å². The van der Waals surface area contributed by atoms with Gasteiger partial charge in [-0.15, -0.1) is 0 Å². The number of pyridine rings is 1. The summed E-state index contributed by atoms with van der Waals surface area (Å²) in [4.78, 5) is 24.2. The number of hydrogen-bond donors (Lipinski definition) is 1. The van der Waals surface area contributed by atoms with Crippen LogP contribution in [0.5, 0.6) is 5.75 Å². The second kappa shape index (κ2) is 8.46. The normalized spacial score (nSPS) is 14.2. The Hall–Kier alpha value is -3.23. The second-order valence-electron chi connectivity index (χ2n) is 10.1. The Balaban J connectivity index is 1.91. The summed E-state index contributed by atoms with van der Waals surface area (Å²) in [6.45, 7) is 8.17. The van der Waals surface area contributed by atoms with Gasteiger partial charge in [0.2, 0.25) is 0 Å². The van der Waals surface area contributed by atoms with Crippen LogP contribution in [-0.2, 0) is 16.0 Å². The molecule has 0 bridgehead atoms. The third kappa shape index (κ3) is 4.10. The number of rotatable bonds is 5. The van der Waals surface area contributed by atoms with Crippen molar-refractivity contribution in [2.75, 3.05) is 25.6 Å². The molecule has 0 saturated carbocycles. The number of aromatic nitrogens is 2. The molecule has 7 nitrogen and oxygen atoms in total. The third-order valence-corrected chi connectivity index (χ3v) is 7.35. The van der Waals surface area contributed by atoms with Gasteiger partial charge in [0.1, 0.15) is 5.75 Å². The zero-order valence-corrected chi connectivity index (χ0v) is 21.6. The molecule has 1 N–H and O–H groups in total. The standard InChI is InChI=1S/C27H29N3O4S/c1-14-13-17-24(35-26(29-17)30(5)6)21(19(14)23(25(31)32)34-27(2,3)4)16-7-8-18-20-15(10-12-33-18)9-11-28-22(16)20/h7-9,11,13,23H,10,12H2,1-6H3,(H,31,32). The summed E-state index contributed by atoms with van der Waals surface area (Å²) < 4.78 is 13.0. The minimum Gasteiger partial charge on any atom is -0.493 e. The van der Waals surface area contributed by atoms with Crippen molar-refractivity contribution >= 4 is 43.6 Å². The highest BCUT2D eigenvalue weighted by Gasteiger charge is 2.33. The molecule has 5 rings (SSSR count). The van der Waals surface area contributed by atoms with Crippen LogP contribution in [0.2, 0.25) is 0 Å². The van der Waals surface area contributed by atoms with Gasteiger partial charge in [-0.3, -0.25) is 4.98 Å². The smallest absolute Gasteiger partial charge is 0.337 e. The summed E-state index contributed by atoms with van der Waals surface area (Å²) in [5.74, 6) is -0.220. The van der Waals surface area contributed by atoms with E-state index >= 15 is 0 Å². The number of thiazole rings is 1. The number of anilines is 1. The Kier molecular flexibility index (Phi) is 5.68. The van der Waals surface area contributed by atoms with Crippen molar-refractivity contribution in [3.05, 3.63) is 47.2 Å². The number of benzene rings is 2. The molecule has 1 unspecified atom stereocenters. The van der Waals surface area contributed by atoms with E-state index in [-0.39, 0.29) is 0 Å². The monoisotopic (exact) mass is 491 g/mol. The molecule has 0 spiro atoms. The average Bonchev–Trinajstić information content (AvgIpc) is 3.21. The Morgan fingerprint density at radius 2 is 2.03 bits per heavy atom. The van der Waals surface area contributed by atoms with Crippen molar-refractivity contribution < 1.29 is 19.4 Å². The third-order valence-electron chi connectivity index (χ3n) is 6.10. The van der Waals surface area contributed by atoms with Gasteiger partial charge in [0, 0.05) is 48.8 Å². The van der Waals surface area contributed by atoms with Gasteiger partial charge in [-0.25, -0.2) is 9.78 Å². The van der Waals surface area contributed by atoms with Gasteiger partial charge < -0.3 is 19.5 Å². The molecule has 1 aliphatic rings. The van der Waals surface area contributed by atoms with E-state index in [9.17, 15) is 9.90 Å². The van der Waals surface area contributed by atoms with Crippen molar-refractivity contribution in [1.29, 1.82) is 0 Å². The molecule has 0 saturated heterocycles. The zero-order valence-electron chi connectivity index (χ0n) is 20.8. The topological polar surface area (TPSA) is 84.8 Å². The molecule has 182 valence electrons. The van der Waals surface area contributed by atoms with Gasteiger partial charge in [0.25, 0.3) is 0 Å². The summed E-state index contributed by atoms with van der Waals surface area (Å²) in [6.07, 6.45) is 1.48. The van der Waals surface area contributed by atoms with E-state index in [1.165, 1.54) is 5.56 Å². The zero-order chi connectivity index (χ0) is 25.1. The summed E-state index contributed by atoms with van der Waals surface area (Å²) in [5.41, 5.74) is 5.27. The van der Waals surface area contributed by atoms with E-state index in [1.807, 2.05) is 77.2 Å². The first-order valence-electron chi connectivity index (χ1n) is 11.6. The van der Waals surface area contributed by atoms with Gasteiger partial charge in [0.15, 0.2) is 11.2 Å². The predicted molar refractivity (Wildman–Crippen MR) is 140 cm³/mol. The van der Waals surface area contributed by atoms with Crippen LogP contribution in [0.1, 0.15) is 43.6 Å². The van der Waals surface area contributed by atoms with E-state index in [4.69, 9.17) is 19.4 Å². The number of nitrogens with zero attached hydrogens (tertiary/aromatic N) is 3. The number of aliphatic carboxylic acids is 1. The van der Waals surface area contributed by atoms with E-state index in [0.717, 1.165) is 55.1 Å². The lowest BCUT2D eigenvalue weighted by atomic mass is 9.89. The minimum atomic E-state index is -1.15. The molecule has 8 heteroatoms. The van der Waals surface area contributed by atoms with E-state index in [1.54, 1.807) is 11.3 Å². The molecule has 0 amide bonds. The molecule has 1 aliphatic heterocycles. The fourth-order valence-corrected chi connectivity index (χ4v) is 5.73. The summed E-state index contributed by atoms with van der Waals surface area (Å²) in [7, 11) is 3.91. The van der Waals surface area contributed by atoms with Gasteiger partial charge in [-0.05, 0) is 63.1 Å². The molecule has 2 aromatic heterocycles. The van der Waals surface area contributed by atoms with Crippen molar-refractivity contribution in [3.63, 3.8) is 0 Å². The molecule has 0 radical (unpaired) electrons. The molecule has 4 aromatic rings. The molecule has 35 heavy (non-hydrogen) atoms. The number of ether oxygens (including phenoxy) is 2. The molecular weight excluding hydrogens is 462 g/mol. The van der Waals surface area contributed by atoms with Crippen molar-refractivity contribution in [2.45, 2.75) is 45.8 Å². The number of fused-ring (bicyclic) bond motifs is 1. The predicted octanol–water partition coefficient (Wildman–Crippen LogP) is 5.76. The maximum absolute atomic E-state index is 12.6. The average molecular weight is 492 g/mol. The van der Waals surface area contributed by atoms with Gasteiger partial charge in [-0.1, -0.05) is 11.3 Å². The maximum Gasteiger partial charge on any atom is 0.337 e. The van der Waals surface area contributed by atoms with Crippen LogP contribution in [-0.4, -0.2) is 47.3 Å². The largest absolute Gasteiger partial charge is 0.493 e. The lowest BCUT2D eigenvalue weighted by Gasteiger charge is -2.28. The van der Waals surface area contributed by atoms with E-state index < -0.39 is 17.7 Å². The van der Waals surface area contributed by atoms with Crippen LogP contribution in [0.25, 0.3) is 32.2 Å². The first-order chi connectivity index (χ1) is 16.5. The van der Waals surface area contributed by atoms with Crippen molar-refractivity contribution in [2.24, 2.45) is 0 Å². The van der Waals surface area contributed by atoms with Crippen LogP contribution in [0.3, 0.4) is 0 Å². The van der Waals surface area contributed by atoms with Crippen LogP contribution in [0, 0.1) is 6.92 Å². The Bertz CT molecular complexity index is 1460. The number of carboxylic acid groups (broad SMARTS) is 1. The fourth-order valence-electron chi connectivity index (χ4n) is 4.69. The number of aryl methyl sites for hydroxylation is 1. The molecule has 2 aromatic carbocycles. The number of carbonyl (C=O) groups is 1. The minimum absolute atomic E-state index is 0.632. The van der Waals surface area contributed by atoms with Crippen LogP contribution in [0.15, 0.2) is 30.5 Å². The lowest BCUT2D eigenvalue weighted by Crippen LogP contribution is -2.28. The second-order valence-corrected chi connectivity index (χ2v) is 11.1. The van der Waals surface area contributed by atoms with Gasteiger partial charge in [0.05, 0.1) is 27.9 Å². The first-order valence-corrected chi connectivity index (χ1v) is 12.4. The van der Waals surface area contributed by atoms with E-state index in [0.29, 0.717) is 12.2 Å². The Morgan fingerprint density at radius 3 is 2.71 bits per heavy atom. The molecule has 0 fully saturated rings. The summed E-state index contributed by atoms with van der Waals surface area (Å²) in [6, 6.07) is 7.95. The molecular formula is C27H29N3O4S. The summed E-state index contributed by atoms with van der Waals surface area (Å²) in [5, 5.41) is 12.2. The Labute approximate surface area is 208 Å². The fraction of sp³-hybridized carbons (Fsp3) is 0.370. The van der Waals surface area contributed by atoms with Crippen LogP contribution < -0.4 is 9.64 Å². The number of hydrogen-bond acceptors (Lipinski definition) is 7. The lowest BCUT2D eigenvalue weighted by molar-refractivity contribution is -0.160. The molecule has 3 heterocycles. The highest BCUT2D eigenvalue weighted by atomic mass is 32.1. The quantitative estimate of drug-likeness (QED) is 0.380.